The van der Waals surface area contributed by atoms with E-state index < -0.39 is 6.04 Å². The molecule has 0 aliphatic carbocycles. The largest absolute Gasteiger partial charge is 0.340 e. The number of hydrogen-bond donors (Lipinski definition) is 2. The average molecular weight is 297 g/mol. The minimum absolute atomic E-state index is 0.286. The van der Waals surface area contributed by atoms with E-state index in [2.05, 4.69) is 15.8 Å². The van der Waals surface area contributed by atoms with Crippen molar-refractivity contribution in [2.75, 3.05) is 0 Å². The van der Waals surface area contributed by atoms with Gasteiger partial charge in [-0.25, -0.2) is 5.43 Å². The van der Waals surface area contributed by atoms with Crippen LogP contribution in [0.2, 0.25) is 0 Å². The van der Waals surface area contributed by atoms with Crippen LogP contribution in [0.25, 0.3) is 10.8 Å². The molecular weight excluding hydrogens is 278 g/mol. The maximum atomic E-state index is 12.2. The minimum atomic E-state index is -0.665. The van der Waals surface area contributed by atoms with Crippen molar-refractivity contribution in [3.63, 3.8) is 0 Å². The maximum Gasteiger partial charge on any atom is 0.262 e. The van der Waals surface area contributed by atoms with E-state index in [0.29, 0.717) is 5.56 Å². The summed E-state index contributed by atoms with van der Waals surface area (Å²) < 4.78 is 0. The average Bonchev–Trinajstić information content (AvgIpc) is 2.51. The van der Waals surface area contributed by atoms with Gasteiger partial charge in [0, 0.05) is 11.3 Å². The Bertz CT molecular complexity index is 734. The van der Waals surface area contributed by atoms with Crippen molar-refractivity contribution in [1.82, 2.24) is 10.7 Å². The van der Waals surface area contributed by atoms with Crippen LogP contribution in [0.4, 0.5) is 0 Å². The van der Waals surface area contributed by atoms with E-state index in [4.69, 9.17) is 0 Å². The highest BCUT2D eigenvalue weighted by Gasteiger charge is 2.16. The van der Waals surface area contributed by atoms with Gasteiger partial charge in [0.05, 0.1) is 0 Å². The number of hydrogen-bond acceptors (Lipinski definition) is 3. The standard InChI is InChI=1S/C17H19N3O2/c1-11(2)19-20-16(21)12(3)18-17(22)15-9-8-13-6-4-5-7-14(13)10-15/h4-10,12H,1-3H3,(H,18,22)(H,20,21)/t12-/m0/s1. The molecule has 5 nitrogen and oxygen atoms in total. The summed E-state index contributed by atoms with van der Waals surface area (Å²) in [6.07, 6.45) is 0. The van der Waals surface area contributed by atoms with E-state index in [1.165, 1.54) is 0 Å². The van der Waals surface area contributed by atoms with Crippen molar-refractivity contribution >= 4 is 28.3 Å². The van der Waals surface area contributed by atoms with Gasteiger partial charge in [-0.1, -0.05) is 30.3 Å². The van der Waals surface area contributed by atoms with Gasteiger partial charge in [-0.05, 0) is 43.7 Å². The van der Waals surface area contributed by atoms with Crippen molar-refractivity contribution in [2.45, 2.75) is 26.8 Å². The smallest absolute Gasteiger partial charge is 0.262 e. The fourth-order valence-corrected chi connectivity index (χ4v) is 1.94. The van der Waals surface area contributed by atoms with Gasteiger partial charge < -0.3 is 5.32 Å². The summed E-state index contributed by atoms with van der Waals surface area (Å²) in [5, 5.41) is 8.55. The molecule has 114 valence electrons. The molecule has 5 heteroatoms. The van der Waals surface area contributed by atoms with Crippen molar-refractivity contribution in [3.8, 4) is 0 Å². The normalized spacial score (nSPS) is 11.6. The van der Waals surface area contributed by atoms with Crippen LogP contribution >= 0.6 is 0 Å². The maximum absolute atomic E-state index is 12.2. The fourth-order valence-electron chi connectivity index (χ4n) is 1.94. The number of amides is 2. The Labute approximate surface area is 129 Å². The van der Waals surface area contributed by atoms with Crippen LogP contribution in [-0.4, -0.2) is 23.6 Å². The number of carbonyl (C=O) groups excluding carboxylic acids is 2. The summed E-state index contributed by atoms with van der Waals surface area (Å²) in [7, 11) is 0. The molecule has 0 fully saturated rings. The predicted octanol–water partition coefficient (Wildman–Crippen LogP) is 2.47. The molecule has 2 aromatic carbocycles. The Balaban J connectivity index is 2.07. The molecular formula is C17H19N3O2. The number of carbonyl (C=O) groups is 2. The van der Waals surface area contributed by atoms with Crippen molar-refractivity contribution in [3.05, 3.63) is 48.0 Å². The lowest BCUT2D eigenvalue weighted by molar-refractivity contribution is -0.122. The SMILES string of the molecule is CC(C)=NNC(=O)[C@H](C)NC(=O)c1ccc2ccccc2c1. The van der Waals surface area contributed by atoms with Gasteiger partial charge >= 0.3 is 0 Å². The molecule has 22 heavy (non-hydrogen) atoms. The molecule has 0 aromatic heterocycles. The Morgan fingerprint density at radius 1 is 1.05 bits per heavy atom. The van der Waals surface area contributed by atoms with E-state index in [9.17, 15) is 9.59 Å². The molecule has 2 rings (SSSR count). The van der Waals surface area contributed by atoms with Gasteiger partial charge in [0.15, 0.2) is 0 Å². The van der Waals surface area contributed by atoms with Crippen molar-refractivity contribution in [2.24, 2.45) is 5.10 Å². The van der Waals surface area contributed by atoms with E-state index in [1.54, 1.807) is 26.8 Å². The third-order valence-electron chi connectivity index (χ3n) is 3.14. The second-order valence-electron chi connectivity index (χ2n) is 5.29. The zero-order chi connectivity index (χ0) is 16.1. The highest BCUT2D eigenvalue weighted by atomic mass is 16.2. The van der Waals surface area contributed by atoms with Gasteiger partial charge in [-0.2, -0.15) is 5.10 Å². The molecule has 0 saturated carbocycles. The molecule has 0 saturated heterocycles. The minimum Gasteiger partial charge on any atom is -0.340 e. The monoisotopic (exact) mass is 297 g/mol. The summed E-state index contributed by atoms with van der Waals surface area (Å²) in [4.78, 5) is 24.0. The lowest BCUT2D eigenvalue weighted by atomic mass is 10.1. The first-order chi connectivity index (χ1) is 10.5. The summed E-state index contributed by atoms with van der Waals surface area (Å²) in [6.45, 7) is 5.17. The van der Waals surface area contributed by atoms with Gasteiger partial charge in [-0.15, -0.1) is 0 Å². The molecule has 2 N–H and O–H groups in total. The molecule has 0 unspecified atom stereocenters. The van der Waals surface area contributed by atoms with Crippen LogP contribution in [0.1, 0.15) is 31.1 Å². The Morgan fingerprint density at radius 2 is 1.73 bits per heavy atom. The van der Waals surface area contributed by atoms with Crippen LogP contribution in [-0.2, 0) is 4.79 Å². The third-order valence-corrected chi connectivity index (χ3v) is 3.14. The summed E-state index contributed by atoms with van der Waals surface area (Å²) >= 11 is 0. The van der Waals surface area contributed by atoms with Crippen LogP contribution in [0.15, 0.2) is 47.6 Å². The second kappa shape index (κ2) is 6.85. The van der Waals surface area contributed by atoms with Crippen LogP contribution < -0.4 is 10.7 Å². The van der Waals surface area contributed by atoms with E-state index >= 15 is 0 Å². The fraction of sp³-hybridized carbons (Fsp3) is 0.235. The number of rotatable bonds is 4. The van der Waals surface area contributed by atoms with Crippen molar-refractivity contribution in [1.29, 1.82) is 0 Å². The molecule has 0 heterocycles. The van der Waals surface area contributed by atoms with Gasteiger partial charge in [-0.3, -0.25) is 9.59 Å². The van der Waals surface area contributed by atoms with E-state index in [-0.39, 0.29) is 11.8 Å². The second-order valence-corrected chi connectivity index (χ2v) is 5.29. The number of benzene rings is 2. The van der Waals surface area contributed by atoms with Gasteiger partial charge in [0.1, 0.15) is 6.04 Å². The van der Waals surface area contributed by atoms with Crippen LogP contribution in [0.3, 0.4) is 0 Å². The lowest BCUT2D eigenvalue weighted by Crippen LogP contribution is -2.43. The van der Waals surface area contributed by atoms with Gasteiger partial charge in [0.25, 0.3) is 11.8 Å². The van der Waals surface area contributed by atoms with Gasteiger partial charge in [0.2, 0.25) is 0 Å². The molecule has 0 aliphatic rings. The molecule has 0 aliphatic heterocycles. The third kappa shape index (κ3) is 3.91. The zero-order valence-corrected chi connectivity index (χ0v) is 12.9. The molecule has 2 aromatic rings. The molecule has 1 atom stereocenters. The van der Waals surface area contributed by atoms with E-state index in [0.717, 1.165) is 16.5 Å². The number of nitrogens with zero attached hydrogens (tertiary/aromatic N) is 1. The Morgan fingerprint density at radius 3 is 2.41 bits per heavy atom. The highest BCUT2D eigenvalue weighted by molar-refractivity contribution is 6.00. The Kier molecular flexibility index (Phi) is 4.88. The molecule has 0 spiro atoms. The first kappa shape index (κ1) is 15.7. The Hall–Kier alpha value is -2.69. The molecule has 0 bridgehead atoms. The summed E-state index contributed by atoms with van der Waals surface area (Å²) in [5.41, 5.74) is 3.66. The topological polar surface area (TPSA) is 70.6 Å². The summed E-state index contributed by atoms with van der Waals surface area (Å²) in [5.74, 6) is -0.638. The van der Waals surface area contributed by atoms with Crippen LogP contribution in [0, 0.1) is 0 Å². The lowest BCUT2D eigenvalue weighted by Gasteiger charge is -2.12. The van der Waals surface area contributed by atoms with Crippen LogP contribution in [0.5, 0.6) is 0 Å². The zero-order valence-electron chi connectivity index (χ0n) is 12.9. The first-order valence-electron chi connectivity index (χ1n) is 7.08. The highest BCUT2D eigenvalue weighted by Crippen LogP contribution is 2.15. The predicted molar refractivity (Wildman–Crippen MR) is 87.8 cm³/mol. The number of fused-ring (bicyclic) bond motifs is 1. The van der Waals surface area contributed by atoms with E-state index in [1.807, 2.05) is 36.4 Å². The first-order valence-corrected chi connectivity index (χ1v) is 7.08. The number of hydrazone groups is 1. The summed E-state index contributed by atoms with van der Waals surface area (Å²) in [6, 6.07) is 12.6. The molecule has 0 radical (unpaired) electrons. The number of nitrogens with one attached hydrogen (secondary N) is 2. The molecule has 2 amide bonds. The quantitative estimate of drug-likeness (QED) is 0.672. The van der Waals surface area contributed by atoms with Crippen molar-refractivity contribution < 1.29 is 9.59 Å².